The highest BCUT2D eigenvalue weighted by Gasteiger charge is 2.39. The van der Waals surface area contributed by atoms with E-state index in [9.17, 15) is 5.11 Å². The summed E-state index contributed by atoms with van der Waals surface area (Å²) >= 11 is 6.73. The van der Waals surface area contributed by atoms with Crippen molar-refractivity contribution < 1.29 is 14.2 Å². The summed E-state index contributed by atoms with van der Waals surface area (Å²) in [6, 6.07) is 13.1. The normalized spacial score (nSPS) is 20.0. The predicted molar refractivity (Wildman–Crippen MR) is 128 cm³/mol. The number of nitrogens with one attached hydrogen (secondary N) is 1. The van der Waals surface area contributed by atoms with Crippen molar-refractivity contribution in [1.82, 2.24) is 15.3 Å². The number of halogens is 2. The highest BCUT2D eigenvalue weighted by molar-refractivity contribution is 6.35. The van der Waals surface area contributed by atoms with E-state index in [4.69, 9.17) is 16.3 Å². The van der Waals surface area contributed by atoms with Crippen molar-refractivity contribution in [3.63, 3.8) is 0 Å². The molecule has 0 saturated carbocycles. The number of methoxy groups -OCH3 is 1. The van der Waals surface area contributed by atoms with E-state index < -0.39 is 5.82 Å². The molecule has 0 radical (unpaired) electrons. The van der Waals surface area contributed by atoms with E-state index in [2.05, 4.69) is 20.2 Å². The van der Waals surface area contributed by atoms with Gasteiger partial charge >= 0.3 is 6.01 Å². The Morgan fingerprint density at radius 3 is 2.61 bits per heavy atom. The molecule has 2 saturated heterocycles. The van der Waals surface area contributed by atoms with E-state index >= 15 is 4.39 Å². The van der Waals surface area contributed by atoms with E-state index in [-0.39, 0.29) is 39.9 Å². The Bertz CT molecular complexity index is 1400. The topological polar surface area (TPSA) is 70.5 Å². The predicted octanol–water partition coefficient (Wildman–Crippen LogP) is 4.90. The number of nitrogens with zero attached hydrogens (tertiary/aromatic N) is 3. The lowest BCUT2D eigenvalue weighted by Crippen LogP contribution is -2.52. The van der Waals surface area contributed by atoms with Crippen LogP contribution in [-0.4, -0.2) is 47.4 Å². The number of aromatic hydroxyl groups is 1. The van der Waals surface area contributed by atoms with E-state index in [1.807, 2.05) is 24.3 Å². The van der Waals surface area contributed by atoms with Crippen LogP contribution in [0.15, 0.2) is 42.5 Å². The second-order valence-corrected chi connectivity index (χ2v) is 9.05. The second kappa shape index (κ2) is 7.71. The number of hydrogen-bond acceptors (Lipinski definition) is 6. The highest BCUT2D eigenvalue weighted by atomic mass is 35.5. The molecule has 8 heteroatoms. The molecular formula is C25H22ClFN4O2. The van der Waals surface area contributed by atoms with Crippen LogP contribution in [0.25, 0.3) is 32.8 Å². The fourth-order valence-electron chi connectivity index (χ4n) is 5.32. The lowest BCUT2D eigenvalue weighted by atomic mass is 9.96. The number of hydrogen-bond donors (Lipinski definition) is 2. The van der Waals surface area contributed by atoms with Gasteiger partial charge in [0.1, 0.15) is 17.1 Å². The second-order valence-electron chi connectivity index (χ2n) is 8.64. The van der Waals surface area contributed by atoms with Gasteiger partial charge in [-0.1, -0.05) is 35.9 Å². The molecule has 2 aliphatic rings. The fourth-order valence-corrected chi connectivity index (χ4v) is 5.61. The van der Waals surface area contributed by atoms with Crippen LogP contribution >= 0.6 is 11.6 Å². The molecule has 3 heterocycles. The third-order valence-corrected chi connectivity index (χ3v) is 7.06. The molecule has 2 aliphatic heterocycles. The number of phenolic OH excluding ortho intramolecular Hbond substituents is 1. The summed E-state index contributed by atoms with van der Waals surface area (Å²) in [5, 5.41) is 16.2. The summed E-state index contributed by atoms with van der Waals surface area (Å²) in [7, 11) is 1.48. The first-order chi connectivity index (χ1) is 16.0. The van der Waals surface area contributed by atoms with Crippen LogP contribution in [0.4, 0.5) is 10.2 Å². The standard InChI is InChI=1S/C25H22ClFN4O2/c1-33-25-29-23-19(24(30-25)31-14-6-7-15(31)12-28-11-14)10-20(26)21(22(23)27)18-9-16(32)8-13-4-2-3-5-17(13)18/h2-5,8-10,14-15,28,32H,6-7,11-12H2,1H3. The average molecular weight is 465 g/mol. The lowest BCUT2D eigenvalue weighted by molar-refractivity contribution is 0.379. The summed E-state index contributed by atoms with van der Waals surface area (Å²) in [6.07, 6.45) is 2.10. The van der Waals surface area contributed by atoms with Gasteiger partial charge in [0.05, 0.1) is 12.1 Å². The number of phenols is 1. The first kappa shape index (κ1) is 20.4. The van der Waals surface area contributed by atoms with Crippen molar-refractivity contribution in [2.75, 3.05) is 25.1 Å². The van der Waals surface area contributed by atoms with Crippen molar-refractivity contribution in [1.29, 1.82) is 0 Å². The van der Waals surface area contributed by atoms with Crippen LogP contribution in [0, 0.1) is 5.82 Å². The number of piperazine rings is 1. The molecule has 0 spiro atoms. The van der Waals surface area contributed by atoms with Gasteiger partial charge in [-0.3, -0.25) is 0 Å². The minimum atomic E-state index is -0.558. The summed E-state index contributed by atoms with van der Waals surface area (Å²) in [5.41, 5.74) is 0.865. The summed E-state index contributed by atoms with van der Waals surface area (Å²) in [5.74, 6) is 0.134. The number of fused-ring (bicyclic) bond motifs is 4. The Labute approximate surface area is 195 Å². The molecule has 2 bridgehead atoms. The van der Waals surface area contributed by atoms with Crippen molar-refractivity contribution in [2.24, 2.45) is 0 Å². The van der Waals surface area contributed by atoms with Crippen LogP contribution in [0.5, 0.6) is 11.8 Å². The van der Waals surface area contributed by atoms with E-state index in [1.165, 1.54) is 13.2 Å². The van der Waals surface area contributed by atoms with Gasteiger partial charge in [-0.2, -0.15) is 9.97 Å². The van der Waals surface area contributed by atoms with Crippen LogP contribution < -0.4 is 15.0 Å². The fraction of sp³-hybridized carbons (Fsp3) is 0.280. The highest BCUT2D eigenvalue weighted by Crippen LogP contribution is 2.44. The van der Waals surface area contributed by atoms with Crippen molar-refractivity contribution in [3.8, 4) is 22.9 Å². The first-order valence-corrected chi connectivity index (χ1v) is 11.4. The van der Waals surface area contributed by atoms with Gasteiger partial charge in [-0.15, -0.1) is 0 Å². The van der Waals surface area contributed by atoms with Gasteiger partial charge in [0.15, 0.2) is 5.82 Å². The number of rotatable bonds is 3. The largest absolute Gasteiger partial charge is 0.508 e. The SMILES string of the molecule is COc1nc(N2C3CCC2CNC3)c2cc(Cl)c(-c3cc(O)cc4ccccc34)c(F)c2n1. The Morgan fingerprint density at radius 2 is 1.85 bits per heavy atom. The maximum absolute atomic E-state index is 16.2. The van der Waals surface area contributed by atoms with Crippen LogP contribution in [0.1, 0.15) is 12.8 Å². The van der Waals surface area contributed by atoms with E-state index in [0.717, 1.165) is 36.7 Å². The van der Waals surface area contributed by atoms with Gasteiger partial charge in [-0.05, 0) is 47.4 Å². The zero-order valence-electron chi connectivity index (χ0n) is 18.0. The molecule has 1 aromatic heterocycles. The summed E-state index contributed by atoms with van der Waals surface area (Å²) < 4.78 is 21.6. The molecule has 0 amide bonds. The number of aromatic nitrogens is 2. The van der Waals surface area contributed by atoms with Crippen molar-refractivity contribution >= 4 is 39.1 Å². The zero-order valence-corrected chi connectivity index (χ0v) is 18.7. The molecule has 2 N–H and O–H groups in total. The third-order valence-electron chi connectivity index (χ3n) is 6.77. The Morgan fingerprint density at radius 1 is 1.09 bits per heavy atom. The van der Waals surface area contributed by atoms with Gasteiger partial charge in [-0.25, -0.2) is 4.39 Å². The Balaban J connectivity index is 1.64. The smallest absolute Gasteiger partial charge is 0.318 e. The summed E-state index contributed by atoms with van der Waals surface area (Å²) in [6.45, 7) is 1.71. The first-order valence-electron chi connectivity index (χ1n) is 11.0. The lowest BCUT2D eigenvalue weighted by Gasteiger charge is -2.37. The van der Waals surface area contributed by atoms with Crippen molar-refractivity contribution in [3.05, 3.63) is 53.3 Å². The maximum atomic E-state index is 16.2. The van der Waals surface area contributed by atoms with Gasteiger partial charge in [0.2, 0.25) is 0 Å². The maximum Gasteiger partial charge on any atom is 0.318 e. The third kappa shape index (κ3) is 3.18. The molecule has 2 unspecified atom stereocenters. The monoisotopic (exact) mass is 464 g/mol. The zero-order chi connectivity index (χ0) is 22.7. The quantitative estimate of drug-likeness (QED) is 0.449. The molecule has 6 nitrogen and oxygen atoms in total. The van der Waals surface area contributed by atoms with Gasteiger partial charge < -0.3 is 20.1 Å². The van der Waals surface area contributed by atoms with Crippen LogP contribution in [0.3, 0.4) is 0 Å². The molecule has 2 fully saturated rings. The molecule has 33 heavy (non-hydrogen) atoms. The number of anilines is 1. The number of benzene rings is 3. The molecule has 4 aromatic rings. The molecule has 3 aromatic carbocycles. The molecule has 168 valence electrons. The Hall–Kier alpha value is -3.16. The van der Waals surface area contributed by atoms with Gasteiger partial charge in [0.25, 0.3) is 0 Å². The number of ether oxygens (including phenoxy) is 1. The molecular weight excluding hydrogens is 443 g/mol. The van der Waals surface area contributed by atoms with Crippen LogP contribution in [0.2, 0.25) is 5.02 Å². The van der Waals surface area contributed by atoms with Crippen molar-refractivity contribution in [2.45, 2.75) is 24.9 Å². The van der Waals surface area contributed by atoms with E-state index in [1.54, 1.807) is 12.1 Å². The van der Waals surface area contributed by atoms with Gasteiger partial charge in [0, 0.05) is 36.1 Å². The Kier molecular flexibility index (Phi) is 4.78. The minimum Gasteiger partial charge on any atom is -0.508 e. The molecule has 6 rings (SSSR count). The molecule has 0 aliphatic carbocycles. The molecule has 2 atom stereocenters. The average Bonchev–Trinajstić information content (AvgIpc) is 3.06. The van der Waals surface area contributed by atoms with Crippen LogP contribution in [-0.2, 0) is 0 Å². The summed E-state index contributed by atoms with van der Waals surface area (Å²) in [4.78, 5) is 11.3. The van der Waals surface area contributed by atoms with E-state index in [0.29, 0.717) is 16.8 Å². The minimum absolute atomic E-state index is 0.0395.